The molecule has 1 aromatic carbocycles. The third kappa shape index (κ3) is 3.35. The molecule has 0 aromatic heterocycles. The van der Waals surface area contributed by atoms with Crippen molar-refractivity contribution in [1.29, 1.82) is 0 Å². The lowest BCUT2D eigenvalue weighted by Crippen LogP contribution is -2.17. The molecule has 17 heavy (non-hydrogen) atoms. The maximum Gasteiger partial charge on any atom is 0.308 e. The molecule has 0 aliphatic carbocycles. The summed E-state index contributed by atoms with van der Waals surface area (Å²) in [7, 11) is -2.30. The fourth-order valence-corrected chi connectivity index (χ4v) is 1.63. The number of carbonyl (C=O) groups is 1. The highest BCUT2D eigenvalue weighted by atomic mass is 32.2. The Hall–Kier alpha value is -1.76. The van der Waals surface area contributed by atoms with Crippen molar-refractivity contribution >= 4 is 16.0 Å². The first kappa shape index (κ1) is 13.3. The largest absolute Gasteiger partial charge is 0.497 e. The second-order valence-electron chi connectivity index (χ2n) is 3.16. The Morgan fingerprint density at radius 1 is 1.41 bits per heavy atom. The van der Waals surface area contributed by atoms with E-state index in [4.69, 9.17) is 14.7 Å². The molecule has 0 fully saturated rings. The highest BCUT2D eigenvalue weighted by Crippen LogP contribution is 2.25. The van der Waals surface area contributed by atoms with Crippen molar-refractivity contribution in [2.24, 2.45) is 5.73 Å². The van der Waals surface area contributed by atoms with Gasteiger partial charge in [-0.1, -0.05) is 0 Å². The normalized spacial score (nSPS) is 10.9. The van der Waals surface area contributed by atoms with Crippen molar-refractivity contribution in [1.82, 2.24) is 0 Å². The van der Waals surface area contributed by atoms with E-state index in [1.807, 2.05) is 0 Å². The van der Waals surface area contributed by atoms with Crippen LogP contribution in [-0.2, 0) is 10.1 Å². The van der Waals surface area contributed by atoms with Gasteiger partial charge >= 0.3 is 10.1 Å². The van der Waals surface area contributed by atoms with E-state index < -0.39 is 16.0 Å². The molecule has 1 rings (SSSR count). The van der Waals surface area contributed by atoms with Gasteiger partial charge in [0.05, 0.1) is 18.4 Å². The number of hydrogen-bond donors (Lipinski definition) is 1. The molecule has 94 valence electrons. The Morgan fingerprint density at radius 3 is 2.53 bits per heavy atom. The summed E-state index contributed by atoms with van der Waals surface area (Å²) in [5, 5.41) is 0. The molecule has 0 heterocycles. The van der Waals surface area contributed by atoms with E-state index in [0.29, 0.717) is 5.75 Å². The number of ether oxygens (including phenoxy) is 1. The average molecular weight is 259 g/mol. The maximum absolute atomic E-state index is 11.3. The average Bonchev–Trinajstić information content (AvgIpc) is 2.28. The quantitative estimate of drug-likeness (QED) is 0.778. The number of primary amides is 1. The molecule has 0 aliphatic rings. The van der Waals surface area contributed by atoms with Crippen molar-refractivity contribution in [3.63, 3.8) is 0 Å². The van der Waals surface area contributed by atoms with Gasteiger partial charge in [-0.15, -0.1) is 0 Å². The third-order valence-electron chi connectivity index (χ3n) is 2.02. The summed E-state index contributed by atoms with van der Waals surface area (Å²) >= 11 is 0. The van der Waals surface area contributed by atoms with Crippen LogP contribution < -0.4 is 14.7 Å². The molecule has 6 nitrogen and oxygen atoms in total. The van der Waals surface area contributed by atoms with Crippen LogP contribution in [0, 0.1) is 0 Å². The molecule has 0 aliphatic heterocycles. The topological polar surface area (TPSA) is 95.7 Å². The first-order chi connectivity index (χ1) is 7.89. The summed E-state index contributed by atoms with van der Waals surface area (Å²) in [6.45, 7) is 1.43. The minimum absolute atomic E-state index is 0.0113. The molecule has 1 amide bonds. The SMILES string of the molecule is CCS(=O)(=O)Oc1cc(OC)ccc1C(N)=O. The van der Waals surface area contributed by atoms with Crippen molar-refractivity contribution in [3.05, 3.63) is 23.8 Å². The smallest absolute Gasteiger partial charge is 0.308 e. The van der Waals surface area contributed by atoms with Gasteiger partial charge in [-0.25, -0.2) is 0 Å². The second kappa shape index (κ2) is 5.05. The maximum atomic E-state index is 11.3. The molecule has 7 heteroatoms. The Bertz CT molecular complexity index is 523. The summed E-state index contributed by atoms with van der Waals surface area (Å²) in [6, 6.07) is 4.14. The first-order valence-corrected chi connectivity index (χ1v) is 6.37. The molecule has 0 saturated heterocycles. The lowest BCUT2D eigenvalue weighted by atomic mass is 10.2. The lowest BCUT2D eigenvalue weighted by molar-refractivity contribution is 0.0999. The molecular formula is C10H13NO5S. The Labute approximate surface area is 99.5 Å². The summed E-state index contributed by atoms with van der Waals surface area (Å²) in [6.07, 6.45) is 0. The minimum Gasteiger partial charge on any atom is -0.497 e. The monoisotopic (exact) mass is 259 g/mol. The van der Waals surface area contributed by atoms with Crippen molar-refractivity contribution in [2.45, 2.75) is 6.92 Å². The van der Waals surface area contributed by atoms with E-state index >= 15 is 0 Å². The van der Waals surface area contributed by atoms with Crippen LogP contribution in [0.1, 0.15) is 17.3 Å². The summed E-state index contributed by atoms with van der Waals surface area (Å²) in [5.74, 6) is -0.730. The van der Waals surface area contributed by atoms with Gasteiger partial charge in [0.1, 0.15) is 5.75 Å². The summed E-state index contributed by atoms with van der Waals surface area (Å²) in [5.41, 5.74) is 5.10. The van der Waals surface area contributed by atoms with Crippen LogP contribution in [0.5, 0.6) is 11.5 Å². The Balaban J connectivity index is 3.23. The van der Waals surface area contributed by atoms with Gasteiger partial charge in [0.25, 0.3) is 5.91 Å². The number of methoxy groups -OCH3 is 1. The molecule has 0 saturated carbocycles. The van der Waals surface area contributed by atoms with Gasteiger partial charge in [0, 0.05) is 6.07 Å². The first-order valence-electron chi connectivity index (χ1n) is 4.79. The number of benzene rings is 1. The molecule has 0 unspecified atom stereocenters. The van der Waals surface area contributed by atoms with E-state index in [1.165, 1.54) is 32.2 Å². The molecule has 1 aromatic rings. The number of amides is 1. The predicted molar refractivity (Wildman–Crippen MR) is 61.6 cm³/mol. The fourth-order valence-electron chi connectivity index (χ4n) is 1.10. The predicted octanol–water partition coefficient (Wildman–Crippen LogP) is 0.523. The van der Waals surface area contributed by atoms with E-state index in [0.717, 1.165) is 0 Å². The fraction of sp³-hybridized carbons (Fsp3) is 0.300. The highest BCUT2D eigenvalue weighted by Gasteiger charge is 2.16. The van der Waals surface area contributed by atoms with Crippen LogP contribution in [0.25, 0.3) is 0 Å². The molecule has 0 atom stereocenters. The number of carbonyl (C=O) groups excluding carboxylic acids is 1. The zero-order valence-corrected chi connectivity index (χ0v) is 10.3. The van der Waals surface area contributed by atoms with Gasteiger partial charge in [-0.05, 0) is 19.1 Å². The van der Waals surface area contributed by atoms with Crippen LogP contribution in [-0.4, -0.2) is 27.2 Å². The molecule has 0 spiro atoms. The Kier molecular flexibility index (Phi) is 3.95. The van der Waals surface area contributed by atoms with Crippen LogP contribution in [0.2, 0.25) is 0 Å². The number of hydrogen-bond acceptors (Lipinski definition) is 5. The van der Waals surface area contributed by atoms with E-state index in [2.05, 4.69) is 0 Å². The zero-order chi connectivity index (χ0) is 13.1. The summed E-state index contributed by atoms with van der Waals surface area (Å²) in [4.78, 5) is 11.1. The standard InChI is InChI=1S/C10H13NO5S/c1-3-17(13,14)16-9-6-7(15-2)4-5-8(9)10(11)12/h4-6H,3H2,1-2H3,(H2,11,12). The van der Waals surface area contributed by atoms with Crippen LogP contribution >= 0.6 is 0 Å². The Morgan fingerprint density at radius 2 is 2.06 bits per heavy atom. The van der Waals surface area contributed by atoms with Crippen LogP contribution in [0.15, 0.2) is 18.2 Å². The second-order valence-corrected chi connectivity index (χ2v) is 5.02. The van der Waals surface area contributed by atoms with E-state index in [1.54, 1.807) is 0 Å². The van der Waals surface area contributed by atoms with Gasteiger partial charge in [-0.3, -0.25) is 4.79 Å². The van der Waals surface area contributed by atoms with Crippen molar-refractivity contribution in [2.75, 3.05) is 12.9 Å². The third-order valence-corrected chi connectivity index (χ3v) is 3.17. The van der Waals surface area contributed by atoms with Gasteiger partial charge in [0.15, 0.2) is 5.75 Å². The zero-order valence-electron chi connectivity index (χ0n) is 9.47. The van der Waals surface area contributed by atoms with Crippen LogP contribution in [0.3, 0.4) is 0 Å². The summed E-state index contributed by atoms with van der Waals surface area (Å²) < 4.78 is 32.3. The van der Waals surface area contributed by atoms with E-state index in [9.17, 15) is 13.2 Å². The van der Waals surface area contributed by atoms with Gasteiger partial charge in [0.2, 0.25) is 0 Å². The van der Waals surface area contributed by atoms with Crippen molar-refractivity contribution < 1.29 is 22.1 Å². The van der Waals surface area contributed by atoms with Gasteiger partial charge in [-0.2, -0.15) is 8.42 Å². The molecular weight excluding hydrogens is 246 g/mol. The number of nitrogens with two attached hydrogens (primary N) is 1. The van der Waals surface area contributed by atoms with Crippen LogP contribution in [0.4, 0.5) is 0 Å². The minimum atomic E-state index is -3.72. The molecule has 0 radical (unpaired) electrons. The lowest BCUT2D eigenvalue weighted by Gasteiger charge is -2.10. The number of rotatable bonds is 5. The van der Waals surface area contributed by atoms with Gasteiger partial charge < -0.3 is 14.7 Å². The molecule has 0 bridgehead atoms. The van der Waals surface area contributed by atoms with Crippen molar-refractivity contribution in [3.8, 4) is 11.5 Å². The molecule has 2 N–H and O–H groups in total. The van der Waals surface area contributed by atoms with E-state index in [-0.39, 0.29) is 17.1 Å². The highest BCUT2D eigenvalue weighted by molar-refractivity contribution is 7.87.